The van der Waals surface area contributed by atoms with Crippen LogP contribution in [0.15, 0.2) is 65.8 Å². The zero-order valence-electron chi connectivity index (χ0n) is 19.3. The van der Waals surface area contributed by atoms with Gasteiger partial charge in [-0.3, -0.25) is 9.78 Å². The monoisotopic (exact) mass is 465 g/mol. The second-order valence-electron chi connectivity index (χ2n) is 8.76. The van der Waals surface area contributed by atoms with Crippen LogP contribution in [0.25, 0.3) is 33.4 Å². The Hall–Kier alpha value is -4.24. The van der Waals surface area contributed by atoms with Crippen LogP contribution in [0, 0.1) is 0 Å². The largest absolute Gasteiger partial charge is 0.425 e. The van der Waals surface area contributed by atoms with E-state index in [1.54, 1.807) is 24.7 Å². The van der Waals surface area contributed by atoms with E-state index in [9.17, 15) is 4.79 Å². The summed E-state index contributed by atoms with van der Waals surface area (Å²) in [4.78, 5) is 39.8. The van der Waals surface area contributed by atoms with Crippen LogP contribution in [0.2, 0.25) is 0 Å². The number of rotatable bonds is 5. The molecule has 5 aromatic rings. The molecule has 0 atom stereocenters. The van der Waals surface area contributed by atoms with Crippen molar-refractivity contribution in [2.24, 2.45) is 0 Å². The highest BCUT2D eigenvalue weighted by Crippen LogP contribution is 2.24. The maximum atomic E-state index is 13.1. The number of oxazole rings is 1. The van der Waals surface area contributed by atoms with Gasteiger partial charge in [-0.1, -0.05) is 0 Å². The van der Waals surface area contributed by atoms with Crippen molar-refractivity contribution in [3.63, 3.8) is 0 Å². The first-order chi connectivity index (χ1) is 17.1. The van der Waals surface area contributed by atoms with Crippen molar-refractivity contribution in [1.82, 2.24) is 29.8 Å². The van der Waals surface area contributed by atoms with Gasteiger partial charge < -0.3 is 14.2 Å². The smallest absolute Gasteiger partial charge is 0.246 e. The van der Waals surface area contributed by atoms with Gasteiger partial charge in [0.1, 0.15) is 11.3 Å². The van der Waals surface area contributed by atoms with Crippen molar-refractivity contribution in [1.29, 1.82) is 0 Å². The lowest BCUT2D eigenvalue weighted by Crippen LogP contribution is -2.44. The maximum absolute atomic E-state index is 13.1. The molecule has 0 unspecified atom stereocenters. The molecule has 0 amide bonds. The predicted molar refractivity (Wildman–Crippen MR) is 132 cm³/mol. The molecule has 1 saturated heterocycles. The average Bonchev–Trinajstić information content (AvgIpc) is 3.37. The van der Waals surface area contributed by atoms with Crippen LogP contribution in [-0.4, -0.2) is 68.8 Å². The fraction of sp³-hybridized carbons (Fsp3) is 0.231. The number of Topliss-reactive ketones (excluding diaryl/α,β-unsaturated/α-hetero) is 1. The molecule has 0 saturated carbocycles. The van der Waals surface area contributed by atoms with Gasteiger partial charge in [-0.05, 0) is 43.4 Å². The number of aromatic nitrogens is 5. The Morgan fingerprint density at radius 3 is 2.71 bits per heavy atom. The Morgan fingerprint density at radius 2 is 1.83 bits per heavy atom. The topological polar surface area (TPSA) is 101 Å². The van der Waals surface area contributed by atoms with Crippen molar-refractivity contribution in [3.8, 4) is 11.3 Å². The Labute approximate surface area is 201 Å². The molecule has 1 fully saturated rings. The van der Waals surface area contributed by atoms with Crippen molar-refractivity contribution in [3.05, 3.63) is 72.6 Å². The molecule has 9 heteroatoms. The zero-order valence-corrected chi connectivity index (χ0v) is 19.3. The standard InChI is InChI=1S/C26H23N7O2/c1-32-6-8-33(9-7-32)25-11-17(4-5-27-25)24(34)13-20-12-22-18(14-28-20)2-3-21(31-22)19-10-23-26(29-15-19)35-16-30-23/h2-5,10-12,14-16H,6-9,13H2,1H3. The van der Waals surface area contributed by atoms with E-state index in [1.165, 1.54) is 6.39 Å². The van der Waals surface area contributed by atoms with Gasteiger partial charge >= 0.3 is 0 Å². The van der Waals surface area contributed by atoms with E-state index in [2.05, 4.69) is 36.8 Å². The summed E-state index contributed by atoms with van der Waals surface area (Å²) in [6.45, 7) is 3.78. The Bertz CT molecular complexity index is 1540. The quantitative estimate of drug-likeness (QED) is 0.361. The summed E-state index contributed by atoms with van der Waals surface area (Å²) in [5.74, 6) is 0.853. The van der Waals surface area contributed by atoms with Crippen LogP contribution >= 0.6 is 0 Å². The minimum absolute atomic E-state index is 0.00599. The predicted octanol–water partition coefficient (Wildman–Crippen LogP) is 3.41. The third kappa shape index (κ3) is 4.33. The molecular formula is C26H23N7O2. The molecule has 0 N–H and O–H groups in total. The Kier molecular flexibility index (Phi) is 5.38. The van der Waals surface area contributed by atoms with Crippen LogP contribution < -0.4 is 4.90 Å². The second-order valence-corrected chi connectivity index (χ2v) is 8.76. The van der Waals surface area contributed by atoms with Gasteiger partial charge in [0, 0.05) is 61.3 Å². The average molecular weight is 466 g/mol. The lowest BCUT2D eigenvalue weighted by atomic mass is 10.1. The molecule has 6 rings (SSSR count). The molecule has 35 heavy (non-hydrogen) atoms. The van der Waals surface area contributed by atoms with Crippen LogP contribution in [0.1, 0.15) is 16.1 Å². The van der Waals surface area contributed by atoms with E-state index in [0.29, 0.717) is 22.5 Å². The highest BCUT2D eigenvalue weighted by molar-refractivity contribution is 5.98. The summed E-state index contributed by atoms with van der Waals surface area (Å²) in [6, 6.07) is 11.3. The number of ketones is 1. The van der Waals surface area contributed by atoms with E-state index in [1.807, 2.05) is 30.3 Å². The highest BCUT2D eigenvalue weighted by Gasteiger charge is 2.17. The number of fused-ring (bicyclic) bond motifs is 2. The first-order valence-electron chi connectivity index (χ1n) is 11.5. The molecule has 174 valence electrons. The Balaban J connectivity index is 1.24. The van der Waals surface area contributed by atoms with E-state index >= 15 is 0 Å². The van der Waals surface area contributed by atoms with Gasteiger partial charge in [0.2, 0.25) is 5.71 Å². The van der Waals surface area contributed by atoms with E-state index in [4.69, 9.17) is 9.40 Å². The number of piperazine rings is 1. The number of likely N-dealkylation sites (N-methyl/N-ethyl adjacent to an activating group) is 1. The lowest BCUT2D eigenvalue weighted by molar-refractivity contribution is 0.0992. The number of hydrogen-bond acceptors (Lipinski definition) is 9. The molecule has 0 aliphatic carbocycles. The number of carbonyl (C=O) groups is 1. The van der Waals surface area contributed by atoms with Crippen LogP contribution in [0.5, 0.6) is 0 Å². The fourth-order valence-electron chi connectivity index (χ4n) is 4.28. The third-order valence-electron chi connectivity index (χ3n) is 6.35. The SMILES string of the molecule is CN1CCN(c2cc(C(=O)Cc3cc4nc(-c5cnc6ocnc6c5)ccc4cn3)ccn2)CC1. The van der Waals surface area contributed by atoms with E-state index < -0.39 is 0 Å². The zero-order chi connectivity index (χ0) is 23.8. The minimum atomic E-state index is 0.00599. The minimum Gasteiger partial charge on any atom is -0.425 e. The van der Waals surface area contributed by atoms with Crippen LogP contribution in [0.4, 0.5) is 5.82 Å². The molecule has 6 heterocycles. The fourth-order valence-corrected chi connectivity index (χ4v) is 4.28. The lowest BCUT2D eigenvalue weighted by Gasteiger charge is -2.33. The summed E-state index contributed by atoms with van der Waals surface area (Å²) >= 11 is 0. The van der Waals surface area contributed by atoms with Gasteiger partial charge in [0.05, 0.1) is 23.3 Å². The van der Waals surface area contributed by atoms with Gasteiger partial charge in [-0.25, -0.2) is 19.9 Å². The van der Waals surface area contributed by atoms with Crippen LogP contribution in [0.3, 0.4) is 0 Å². The molecular weight excluding hydrogens is 442 g/mol. The summed E-state index contributed by atoms with van der Waals surface area (Å²) in [6.07, 6.45) is 6.76. The molecule has 0 spiro atoms. The van der Waals surface area contributed by atoms with Crippen molar-refractivity contribution >= 4 is 33.7 Å². The molecule has 0 radical (unpaired) electrons. The summed E-state index contributed by atoms with van der Waals surface area (Å²) in [5, 5.41) is 0.904. The number of nitrogens with zero attached hydrogens (tertiary/aromatic N) is 7. The van der Waals surface area contributed by atoms with E-state index in [-0.39, 0.29) is 12.2 Å². The first-order valence-corrected chi connectivity index (χ1v) is 11.5. The first kappa shape index (κ1) is 21.3. The Morgan fingerprint density at radius 1 is 0.943 bits per heavy atom. The number of carbonyl (C=O) groups excluding carboxylic acids is 1. The summed E-state index contributed by atoms with van der Waals surface area (Å²) in [7, 11) is 2.12. The normalized spacial score (nSPS) is 14.6. The van der Waals surface area contributed by atoms with Gasteiger partial charge in [-0.2, -0.15) is 0 Å². The third-order valence-corrected chi connectivity index (χ3v) is 6.35. The molecule has 1 aliphatic heterocycles. The number of pyridine rings is 4. The molecule has 5 aromatic heterocycles. The maximum Gasteiger partial charge on any atom is 0.246 e. The van der Waals surface area contributed by atoms with Gasteiger partial charge in [0.25, 0.3) is 0 Å². The second kappa shape index (κ2) is 8.84. The molecule has 0 bridgehead atoms. The van der Waals surface area contributed by atoms with Gasteiger partial charge in [0.15, 0.2) is 12.2 Å². The summed E-state index contributed by atoms with van der Waals surface area (Å²) < 4.78 is 5.22. The number of hydrogen-bond donors (Lipinski definition) is 0. The molecule has 0 aromatic carbocycles. The van der Waals surface area contributed by atoms with Gasteiger partial charge in [-0.15, -0.1) is 0 Å². The molecule has 1 aliphatic rings. The van der Waals surface area contributed by atoms with Crippen molar-refractivity contribution in [2.45, 2.75) is 6.42 Å². The van der Waals surface area contributed by atoms with Crippen LogP contribution in [-0.2, 0) is 6.42 Å². The van der Waals surface area contributed by atoms with Crippen molar-refractivity contribution in [2.75, 3.05) is 38.1 Å². The van der Waals surface area contributed by atoms with Crippen molar-refractivity contribution < 1.29 is 9.21 Å². The van der Waals surface area contributed by atoms with E-state index in [0.717, 1.165) is 54.2 Å². The molecule has 9 nitrogen and oxygen atoms in total. The highest BCUT2D eigenvalue weighted by atomic mass is 16.3. The number of anilines is 1. The summed E-state index contributed by atoms with van der Waals surface area (Å²) in [5.41, 5.74) is 4.87.